The molecule has 0 amide bonds. The van der Waals surface area contributed by atoms with Gasteiger partial charge in [-0.15, -0.1) is 0 Å². The fourth-order valence-corrected chi connectivity index (χ4v) is 3.31. The van der Waals surface area contributed by atoms with E-state index in [1.54, 1.807) is 7.11 Å². The van der Waals surface area contributed by atoms with Crippen molar-refractivity contribution in [2.45, 2.75) is 44.0 Å². The summed E-state index contributed by atoms with van der Waals surface area (Å²) >= 11 is 1.96. The van der Waals surface area contributed by atoms with Gasteiger partial charge in [0.2, 0.25) is 0 Å². The first-order valence-corrected chi connectivity index (χ1v) is 8.83. The standard InChI is InChI=1S/C15H26N4OS/c1-4-8-16-12-9-13(19-14(18-12)10-20-2)17-11-15(21-3)6-5-7-15/h9H,4-8,10-11H2,1-3H3,(H2,16,17,18,19). The molecule has 1 fully saturated rings. The second-order valence-corrected chi connectivity index (χ2v) is 6.78. The molecular weight excluding hydrogens is 284 g/mol. The Morgan fingerprint density at radius 3 is 2.52 bits per heavy atom. The van der Waals surface area contributed by atoms with Gasteiger partial charge in [0.15, 0.2) is 5.82 Å². The van der Waals surface area contributed by atoms with Crippen LogP contribution in [0.15, 0.2) is 6.07 Å². The number of thioether (sulfide) groups is 1. The zero-order valence-corrected chi connectivity index (χ0v) is 14.1. The molecule has 0 radical (unpaired) electrons. The highest BCUT2D eigenvalue weighted by molar-refractivity contribution is 8.00. The molecule has 21 heavy (non-hydrogen) atoms. The monoisotopic (exact) mass is 310 g/mol. The highest BCUT2D eigenvalue weighted by Gasteiger charge is 2.35. The molecule has 118 valence electrons. The van der Waals surface area contributed by atoms with Gasteiger partial charge in [0, 0.05) is 31.0 Å². The van der Waals surface area contributed by atoms with E-state index in [0.29, 0.717) is 17.2 Å². The molecule has 5 nitrogen and oxygen atoms in total. The summed E-state index contributed by atoms with van der Waals surface area (Å²) in [6.45, 7) is 4.45. The van der Waals surface area contributed by atoms with Crippen LogP contribution in [0.1, 0.15) is 38.4 Å². The third kappa shape index (κ3) is 4.48. The Balaban J connectivity index is 2.03. The lowest BCUT2D eigenvalue weighted by molar-refractivity contribution is 0.178. The Labute approximate surface area is 131 Å². The van der Waals surface area contributed by atoms with Crippen molar-refractivity contribution >= 4 is 23.4 Å². The molecule has 0 atom stereocenters. The van der Waals surface area contributed by atoms with Crippen LogP contribution in [0.25, 0.3) is 0 Å². The van der Waals surface area contributed by atoms with Crippen molar-refractivity contribution in [2.24, 2.45) is 0 Å². The fourth-order valence-electron chi connectivity index (χ4n) is 2.40. The number of anilines is 2. The molecule has 0 unspecified atom stereocenters. The molecule has 1 aromatic heterocycles. The average molecular weight is 310 g/mol. The number of nitrogens with zero attached hydrogens (tertiary/aromatic N) is 2. The van der Waals surface area contributed by atoms with Gasteiger partial charge < -0.3 is 15.4 Å². The predicted octanol–water partition coefficient (Wildman–Crippen LogP) is 3.14. The Morgan fingerprint density at radius 1 is 1.29 bits per heavy atom. The van der Waals surface area contributed by atoms with Gasteiger partial charge in [-0.2, -0.15) is 11.8 Å². The van der Waals surface area contributed by atoms with Crippen molar-refractivity contribution in [3.63, 3.8) is 0 Å². The van der Waals surface area contributed by atoms with Crippen LogP contribution in [0.4, 0.5) is 11.6 Å². The normalized spacial score (nSPS) is 16.3. The second-order valence-electron chi connectivity index (χ2n) is 5.51. The minimum Gasteiger partial charge on any atom is -0.377 e. The lowest BCUT2D eigenvalue weighted by atomic mass is 9.84. The number of methoxy groups -OCH3 is 1. The Bertz CT molecular complexity index is 446. The largest absolute Gasteiger partial charge is 0.377 e. The Kier molecular flexibility index (Phi) is 6.11. The minimum atomic E-state index is 0.392. The molecule has 0 bridgehead atoms. The number of hydrogen-bond donors (Lipinski definition) is 2. The van der Waals surface area contributed by atoms with E-state index in [4.69, 9.17) is 4.74 Å². The maximum Gasteiger partial charge on any atom is 0.158 e. The van der Waals surface area contributed by atoms with Crippen LogP contribution in [0.5, 0.6) is 0 Å². The van der Waals surface area contributed by atoms with Crippen molar-refractivity contribution in [3.05, 3.63) is 11.9 Å². The maximum atomic E-state index is 5.16. The molecule has 1 aliphatic carbocycles. The molecule has 2 rings (SSSR count). The van der Waals surface area contributed by atoms with Crippen LogP contribution >= 0.6 is 11.8 Å². The van der Waals surface area contributed by atoms with E-state index in [-0.39, 0.29) is 0 Å². The molecule has 1 aromatic rings. The van der Waals surface area contributed by atoms with E-state index in [1.165, 1.54) is 19.3 Å². The van der Waals surface area contributed by atoms with Gasteiger partial charge in [0.1, 0.15) is 18.2 Å². The van der Waals surface area contributed by atoms with Crippen molar-refractivity contribution in [2.75, 3.05) is 37.1 Å². The van der Waals surface area contributed by atoms with E-state index >= 15 is 0 Å². The van der Waals surface area contributed by atoms with Crippen molar-refractivity contribution < 1.29 is 4.74 Å². The highest BCUT2D eigenvalue weighted by Crippen LogP contribution is 2.42. The summed E-state index contributed by atoms with van der Waals surface area (Å²) in [6.07, 6.45) is 7.19. The maximum absolute atomic E-state index is 5.16. The van der Waals surface area contributed by atoms with Crippen LogP contribution in [-0.2, 0) is 11.3 Å². The topological polar surface area (TPSA) is 59.1 Å². The summed E-state index contributed by atoms with van der Waals surface area (Å²) in [5, 5.41) is 6.81. The number of ether oxygens (including phenoxy) is 1. The van der Waals surface area contributed by atoms with E-state index in [0.717, 1.165) is 31.1 Å². The lowest BCUT2D eigenvalue weighted by Crippen LogP contribution is -2.40. The zero-order chi connectivity index (χ0) is 15.1. The first-order chi connectivity index (χ1) is 10.2. The van der Waals surface area contributed by atoms with Crippen LogP contribution < -0.4 is 10.6 Å². The van der Waals surface area contributed by atoms with E-state index in [2.05, 4.69) is 33.8 Å². The third-order valence-electron chi connectivity index (χ3n) is 3.89. The van der Waals surface area contributed by atoms with E-state index in [9.17, 15) is 0 Å². The molecule has 0 aliphatic heterocycles. The molecule has 1 saturated carbocycles. The average Bonchev–Trinajstić information content (AvgIpc) is 2.45. The summed E-state index contributed by atoms with van der Waals surface area (Å²) in [7, 11) is 1.67. The van der Waals surface area contributed by atoms with Gasteiger partial charge in [-0.1, -0.05) is 13.3 Å². The SMILES string of the molecule is CCCNc1cc(NCC2(SC)CCC2)nc(COC)n1. The quantitative estimate of drug-likeness (QED) is 0.731. The van der Waals surface area contributed by atoms with Crippen LogP contribution in [0, 0.1) is 0 Å². The summed E-state index contributed by atoms with van der Waals surface area (Å²) in [6, 6.07) is 1.99. The summed E-state index contributed by atoms with van der Waals surface area (Å²) < 4.78 is 5.55. The molecule has 1 aliphatic rings. The Hall–Kier alpha value is -1.01. The first-order valence-electron chi connectivity index (χ1n) is 7.61. The summed E-state index contributed by atoms with van der Waals surface area (Å²) in [4.78, 5) is 9.00. The smallest absolute Gasteiger partial charge is 0.158 e. The Morgan fingerprint density at radius 2 is 2.00 bits per heavy atom. The van der Waals surface area contributed by atoms with Gasteiger partial charge >= 0.3 is 0 Å². The predicted molar refractivity (Wildman–Crippen MR) is 90.1 cm³/mol. The van der Waals surface area contributed by atoms with Gasteiger partial charge in [-0.3, -0.25) is 0 Å². The molecule has 6 heteroatoms. The van der Waals surface area contributed by atoms with Crippen molar-refractivity contribution in [1.29, 1.82) is 0 Å². The lowest BCUT2D eigenvalue weighted by Gasteiger charge is -2.40. The molecule has 0 spiro atoms. The molecule has 0 saturated heterocycles. The minimum absolute atomic E-state index is 0.392. The first kappa shape index (κ1) is 16.4. The second kappa shape index (κ2) is 7.84. The zero-order valence-electron chi connectivity index (χ0n) is 13.2. The number of aromatic nitrogens is 2. The molecular formula is C15H26N4OS. The highest BCUT2D eigenvalue weighted by atomic mass is 32.2. The van der Waals surface area contributed by atoms with Gasteiger partial charge in [0.25, 0.3) is 0 Å². The number of hydrogen-bond acceptors (Lipinski definition) is 6. The van der Waals surface area contributed by atoms with Gasteiger partial charge in [-0.05, 0) is 25.5 Å². The van der Waals surface area contributed by atoms with Gasteiger partial charge in [-0.25, -0.2) is 9.97 Å². The van der Waals surface area contributed by atoms with Gasteiger partial charge in [0.05, 0.1) is 0 Å². The summed E-state index contributed by atoms with van der Waals surface area (Å²) in [5.74, 6) is 2.47. The fraction of sp³-hybridized carbons (Fsp3) is 0.733. The molecule has 2 N–H and O–H groups in total. The third-order valence-corrected chi connectivity index (χ3v) is 5.31. The molecule has 1 heterocycles. The molecule has 0 aromatic carbocycles. The van der Waals surface area contributed by atoms with Crippen LogP contribution in [0.3, 0.4) is 0 Å². The van der Waals surface area contributed by atoms with E-state index < -0.39 is 0 Å². The van der Waals surface area contributed by atoms with E-state index in [1.807, 2.05) is 17.8 Å². The van der Waals surface area contributed by atoms with Crippen molar-refractivity contribution in [3.8, 4) is 0 Å². The van der Waals surface area contributed by atoms with Crippen LogP contribution in [0.2, 0.25) is 0 Å². The van der Waals surface area contributed by atoms with Crippen LogP contribution in [-0.4, -0.2) is 41.2 Å². The number of nitrogens with one attached hydrogen (secondary N) is 2. The number of rotatable bonds is 9. The van der Waals surface area contributed by atoms with Crippen molar-refractivity contribution in [1.82, 2.24) is 9.97 Å². The summed E-state index contributed by atoms with van der Waals surface area (Å²) in [5.41, 5.74) is 0.